The molecule has 2 N–H and O–H groups in total. The Balaban J connectivity index is 2.03. The zero-order valence-corrected chi connectivity index (χ0v) is 9.94. The Hall–Kier alpha value is -1.61. The molecule has 1 aromatic carbocycles. The van der Waals surface area contributed by atoms with Crippen LogP contribution in [0.3, 0.4) is 0 Å². The largest absolute Gasteiger partial charge is 0.350 e. The van der Waals surface area contributed by atoms with E-state index in [0.717, 1.165) is 18.5 Å². The van der Waals surface area contributed by atoms with Crippen molar-refractivity contribution in [3.63, 3.8) is 0 Å². The highest BCUT2D eigenvalue weighted by Crippen LogP contribution is 2.09. The summed E-state index contributed by atoms with van der Waals surface area (Å²) in [5, 5.41) is 0. The van der Waals surface area contributed by atoms with Crippen molar-refractivity contribution >= 4 is 0 Å². The van der Waals surface area contributed by atoms with Gasteiger partial charge >= 0.3 is 0 Å². The van der Waals surface area contributed by atoms with E-state index in [1.54, 1.807) is 12.1 Å². The number of nitrogens with two attached hydrogens (primary N) is 1. The van der Waals surface area contributed by atoms with Crippen LogP contribution in [0.25, 0.3) is 0 Å². The van der Waals surface area contributed by atoms with E-state index in [0.29, 0.717) is 0 Å². The number of nitrogens with zero attached hydrogens (tertiary/aromatic N) is 1. The Morgan fingerprint density at radius 3 is 2.53 bits per heavy atom. The fourth-order valence-electron chi connectivity index (χ4n) is 1.88. The van der Waals surface area contributed by atoms with E-state index in [1.807, 2.05) is 13.1 Å². The summed E-state index contributed by atoms with van der Waals surface area (Å²) >= 11 is 0. The molecule has 1 atom stereocenters. The maximum atomic E-state index is 12.8. The lowest BCUT2D eigenvalue weighted by molar-refractivity contribution is 0.626. The van der Waals surface area contributed by atoms with Crippen molar-refractivity contribution in [1.82, 2.24) is 4.57 Å². The van der Waals surface area contributed by atoms with Crippen LogP contribution in [0.1, 0.15) is 18.1 Å². The normalized spacial score (nSPS) is 12.6. The molecule has 0 aliphatic carbocycles. The van der Waals surface area contributed by atoms with Gasteiger partial charge in [0.15, 0.2) is 0 Å². The molecule has 0 radical (unpaired) electrons. The molecule has 0 spiro atoms. The van der Waals surface area contributed by atoms with Gasteiger partial charge < -0.3 is 10.3 Å². The first-order valence-corrected chi connectivity index (χ1v) is 5.78. The van der Waals surface area contributed by atoms with Crippen molar-refractivity contribution in [2.24, 2.45) is 5.73 Å². The lowest BCUT2D eigenvalue weighted by atomic mass is 10.1. The van der Waals surface area contributed by atoms with Crippen LogP contribution in [-0.4, -0.2) is 10.6 Å². The Labute approximate surface area is 101 Å². The number of benzene rings is 1. The maximum absolute atomic E-state index is 12.8. The average Bonchev–Trinajstić information content (AvgIpc) is 2.68. The van der Waals surface area contributed by atoms with Gasteiger partial charge in [0.05, 0.1) is 0 Å². The zero-order valence-electron chi connectivity index (χ0n) is 9.94. The van der Waals surface area contributed by atoms with Crippen molar-refractivity contribution in [2.75, 3.05) is 0 Å². The molecule has 1 aromatic heterocycles. The second kappa shape index (κ2) is 5.15. The number of hydrogen-bond acceptors (Lipinski definition) is 1. The number of aromatic nitrogens is 1. The second-order valence-electron chi connectivity index (χ2n) is 4.50. The van der Waals surface area contributed by atoms with Gasteiger partial charge in [0, 0.05) is 25.0 Å². The second-order valence-corrected chi connectivity index (χ2v) is 4.50. The molecule has 0 fully saturated rings. The van der Waals surface area contributed by atoms with E-state index in [-0.39, 0.29) is 11.9 Å². The lowest BCUT2D eigenvalue weighted by Crippen LogP contribution is -2.17. The number of halogens is 1. The first kappa shape index (κ1) is 11.9. The summed E-state index contributed by atoms with van der Waals surface area (Å²) in [4.78, 5) is 0. The van der Waals surface area contributed by atoms with Gasteiger partial charge in [-0.2, -0.15) is 0 Å². The summed E-state index contributed by atoms with van der Waals surface area (Å²) in [6.45, 7) is 2.76. The summed E-state index contributed by atoms with van der Waals surface area (Å²) in [5.74, 6) is -0.195. The van der Waals surface area contributed by atoms with E-state index < -0.39 is 0 Å². The number of rotatable bonds is 4. The van der Waals surface area contributed by atoms with Gasteiger partial charge in [-0.05, 0) is 42.7 Å². The smallest absolute Gasteiger partial charge is 0.123 e. The molecule has 0 saturated carbocycles. The quantitative estimate of drug-likeness (QED) is 0.863. The molecule has 90 valence electrons. The predicted octanol–water partition coefficient (Wildman–Crippen LogP) is 2.57. The Morgan fingerprint density at radius 1 is 1.18 bits per heavy atom. The van der Waals surface area contributed by atoms with Crippen LogP contribution in [0, 0.1) is 5.82 Å². The van der Waals surface area contributed by atoms with E-state index in [4.69, 9.17) is 5.73 Å². The topological polar surface area (TPSA) is 30.9 Å². The number of hydrogen-bond donors (Lipinski definition) is 1. The van der Waals surface area contributed by atoms with Crippen molar-refractivity contribution in [1.29, 1.82) is 0 Å². The molecular formula is C14H17FN2. The molecule has 1 unspecified atom stereocenters. The molecule has 2 aromatic rings. The molecular weight excluding hydrogens is 215 g/mol. The van der Waals surface area contributed by atoms with E-state index in [2.05, 4.69) is 16.8 Å². The first-order chi connectivity index (χ1) is 8.13. The van der Waals surface area contributed by atoms with Gasteiger partial charge in [-0.1, -0.05) is 12.1 Å². The molecule has 0 amide bonds. The lowest BCUT2D eigenvalue weighted by Gasteiger charge is -2.04. The monoisotopic (exact) mass is 232 g/mol. The fraction of sp³-hybridized carbons (Fsp3) is 0.286. The van der Waals surface area contributed by atoms with Crippen LogP contribution in [-0.2, 0) is 13.0 Å². The van der Waals surface area contributed by atoms with Gasteiger partial charge in [-0.15, -0.1) is 0 Å². The molecule has 3 heteroatoms. The summed E-state index contributed by atoms with van der Waals surface area (Å²) in [7, 11) is 0. The van der Waals surface area contributed by atoms with E-state index in [9.17, 15) is 4.39 Å². The fourth-order valence-corrected chi connectivity index (χ4v) is 1.88. The van der Waals surface area contributed by atoms with Crippen molar-refractivity contribution in [3.05, 3.63) is 59.7 Å². The molecule has 17 heavy (non-hydrogen) atoms. The molecule has 0 saturated heterocycles. The molecule has 1 heterocycles. The van der Waals surface area contributed by atoms with Crippen LogP contribution >= 0.6 is 0 Å². The van der Waals surface area contributed by atoms with Gasteiger partial charge in [0.25, 0.3) is 0 Å². The summed E-state index contributed by atoms with van der Waals surface area (Å²) in [6, 6.07) is 8.84. The molecule has 0 aliphatic heterocycles. The SMILES string of the molecule is CC(N)Cc1ccn(Cc2ccc(F)cc2)c1. The maximum Gasteiger partial charge on any atom is 0.123 e. The minimum absolute atomic E-state index is 0.177. The minimum atomic E-state index is -0.195. The molecule has 0 aliphatic rings. The summed E-state index contributed by atoms with van der Waals surface area (Å²) in [5.41, 5.74) is 8.08. The van der Waals surface area contributed by atoms with Gasteiger partial charge in [0.1, 0.15) is 5.82 Å². The molecule has 0 bridgehead atoms. The summed E-state index contributed by atoms with van der Waals surface area (Å²) in [6.07, 6.45) is 5.00. The van der Waals surface area contributed by atoms with Crippen molar-refractivity contribution in [2.45, 2.75) is 25.9 Å². The highest BCUT2D eigenvalue weighted by molar-refractivity contribution is 5.18. The van der Waals surface area contributed by atoms with Crippen LogP contribution in [0.15, 0.2) is 42.7 Å². The van der Waals surface area contributed by atoms with Gasteiger partial charge in [-0.3, -0.25) is 0 Å². The van der Waals surface area contributed by atoms with Gasteiger partial charge in [-0.25, -0.2) is 4.39 Å². The van der Waals surface area contributed by atoms with E-state index in [1.165, 1.54) is 17.7 Å². The Kier molecular flexibility index (Phi) is 3.59. The van der Waals surface area contributed by atoms with E-state index >= 15 is 0 Å². The Bertz CT molecular complexity index is 471. The molecule has 2 nitrogen and oxygen atoms in total. The third kappa shape index (κ3) is 3.43. The van der Waals surface area contributed by atoms with Crippen molar-refractivity contribution in [3.8, 4) is 0 Å². The highest BCUT2D eigenvalue weighted by Gasteiger charge is 2.01. The predicted molar refractivity (Wildman–Crippen MR) is 67.3 cm³/mol. The minimum Gasteiger partial charge on any atom is -0.350 e. The zero-order chi connectivity index (χ0) is 12.3. The Morgan fingerprint density at radius 2 is 1.88 bits per heavy atom. The highest BCUT2D eigenvalue weighted by atomic mass is 19.1. The standard InChI is InChI=1S/C14H17FN2/c1-11(16)8-13-6-7-17(10-13)9-12-2-4-14(15)5-3-12/h2-7,10-11H,8-9,16H2,1H3. The third-order valence-electron chi connectivity index (χ3n) is 2.65. The van der Waals surface area contributed by atoms with Crippen LogP contribution in [0.4, 0.5) is 4.39 Å². The first-order valence-electron chi connectivity index (χ1n) is 5.78. The summed E-state index contributed by atoms with van der Waals surface area (Å²) < 4.78 is 14.8. The molecule has 2 rings (SSSR count). The average molecular weight is 232 g/mol. The van der Waals surface area contributed by atoms with Crippen LogP contribution in [0.5, 0.6) is 0 Å². The van der Waals surface area contributed by atoms with Gasteiger partial charge in [0.2, 0.25) is 0 Å². The van der Waals surface area contributed by atoms with Crippen LogP contribution in [0.2, 0.25) is 0 Å². The third-order valence-corrected chi connectivity index (χ3v) is 2.65. The van der Waals surface area contributed by atoms with Crippen molar-refractivity contribution < 1.29 is 4.39 Å². The van der Waals surface area contributed by atoms with Crippen LogP contribution < -0.4 is 5.73 Å².